The Morgan fingerprint density at radius 1 is 1.30 bits per heavy atom. The smallest absolute Gasteiger partial charge is 0.191 e. The van der Waals surface area contributed by atoms with E-state index in [1.54, 1.807) is 0 Å². The van der Waals surface area contributed by atoms with Crippen LogP contribution in [0.15, 0.2) is 23.5 Å². The van der Waals surface area contributed by atoms with E-state index < -0.39 is 0 Å². The van der Waals surface area contributed by atoms with Gasteiger partial charge in [0.25, 0.3) is 0 Å². The molecule has 1 unspecified atom stereocenters. The first kappa shape index (κ1) is 19.4. The molecular weight excluding hydrogens is 288 g/mol. The molecule has 0 amide bonds. The van der Waals surface area contributed by atoms with Crippen LogP contribution in [0.25, 0.3) is 0 Å². The summed E-state index contributed by atoms with van der Waals surface area (Å²) in [5.41, 5.74) is 2.54. The predicted octanol–water partition coefficient (Wildman–Crippen LogP) is 2.29. The molecule has 0 radical (unpaired) electrons. The molecule has 0 aromatic carbocycles. The Hall–Kier alpha value is -1.62. The van der Waals surface area contributed by atoms with Gasteiger partial charge in [-0.15, -0.1) is 0 Å². The third kappa shape index (κ3) is 7.98. The van der Waals surface area contributed by atoms with Gasteiger partial charge in [-0.1, -0.05) is 13.3 Å². The fraction of sp³-hybridized carbons (Fsp3) is 0.667. The Balaban J connectivity index is 2.49. The van der Waals surface area contributed by atoms with Crippen LogP contribution in [0.3, 0.4) is 0 Å². The molecule has 1 rings (SSSR count). The van der Waals surface area contributed by atoms with Gasteiger partial charge >= 0.3 is 0 Å². The van der Waals surface area contributed by atoms with E-state index in [4.69, 9.17) is 5.11 Å². The number of rotatable bonds is 10. The summed E-state index contributed by atoms with van der Waals surface area (Å²) in [4.78, 5) is 8.80. The molecule has 0 saturated heterocycles. The highest BCUT2D eigenvalue weighted by Gasteiger charge is 2.07. The lowest BCUT2D eigenvalue weighted by molar-refractivity contribution is 0.253. The fourth-order valence-corrected chi connectivity index (χ4v) is 2.58. The van der Waals surface area contributed by atoms with Gasteiger partial charge in [0.15, 0.2) is 5.96 Å². The van der Waals surface area contributed by atoms with E-state index in [0.717, 1.165) is 51.3 Å². The number of aliphatic hydroxyl groups is 1. The molecule has 1 atom stereocenters. The molecule has 5 heteroatoms. The second kappa shape index (κ2) is 11.9. The zero-order valence-corrected chi connectivity index (χ0v) is 14.8. The number of pyridine rings is 1. The van der Waals surface area contributed by atoms with Gasteiger partial charge in [-0.05, 0) is 56.2 Å². The SMILES string of the molecule is CCCC(CCO)CN=C(NCC)NCCc1ccncc1C. The van der Waals surface area contributed by atoms with Crippen molar-refractivity contribution in [1.29, 1.82) is 0 Å². The molecule has 1 aromatic rings. The Kier molecular flexibility index (Phi) is 10.0. The van der Waals surface area contributed by atoms with Gasteiger partial charge in [0, 0.05) is 38.6 Å². The topological polar surface area (TPSA) is 69.5 Å². The average Bonchev–Trinajstić information content (AvgIpc) is 2.54. The second-order valence-corrected chi connectivity index (χ2v) is 5.87. The zero-order valence-electron chi connectivity index (χ0n) is 14.8. The van der Waals surface area contributed by atoms with E-state index in [1.807, 2.05) is 12.4 Å². The molecule has 0 fully saturated rings. The number of aromatic nitrogens is 1. The van der Waals surface area contributed by atoms with Crippen molar-refractivity contribution in [1.82, 2.24) is 15.6 Å². The molecule has 0 aliphatic heterocycles. The van der Waals surface area contributed by atoms with Crippen LogP contribution in [0.4, 0.5) is 0 Å². The third-order valence-electron chi connectivity index (χ3n) is 3.91. The first-order valence-electron chi connectivity index (χ1n) is 8.73. The summed E-state index contributed by atoms with van der Waals surface area (Å²) in [6.07, 6.45) is 7.76. The highest BCUT2D eigenvalue weighted by molar-refractivity contribution is 5.79. The third-order valence-corrected chi connectivity index (χ3v) is 3.91. The van der Waals surface area contributed by atoms with Crippen molar-refractivity contribution in [3.8, 4) is 0 Å². The number of aliphatic hydroxyl groups excluding tert-OH is 1. The molecule has 1 heterocycles. The van der Waals surface area contributed by atoms with Gasteiger partial charge in [-0.25, -0.2) is 0 Å². The summed E-state index contributed by atoms with van der Waals surface area (Å²) >= 11 is 0. The quantitative estimate of drug-likeness (QED) is 0.457. The number of nitrogens with zero attached hydrogens (tertiary/aromatic N) is 2. The summed E-state index contributed by atoms with van der Waals surface area (Å²) < 4.78 is 0. The van der Waals surface area contributed by atoms with Crippen LogP contribution >= 0.6 is 0 Å². The van der Waals surface area contributed by atoms with Crippen LogP contribution in [0.1, 0.15) is 44.2 Å². The van der Waals surface area contributed by atoms with Crippen molar-refractivity contribution >= 4 is 5.96 Å². The van der Waals surface area contributed by atoms with Crippen LogP contribution in [-0.4, -0.2) is 42.3 Å². The Bertz CT molecular complexity index is 456. The molecule has 0 spiro atoms. The van der Waals surface area contributed by atoms with Gasteiger partial charge in [0.1, 0.15) is 0 Å². The number of hydrogen-bond acceptors (Lipinski definition) is 3. The van der Waals surface area contributed by atoms with E-state index in [0.29, 0.717) is 5.92 Å². The Morgan fingerprint density at radius 3 is 2.78 bits per heavy atom. The molecular formula is C18H32N4O. The van der Waals surface area contributed by atoms with Gasteiger partial charge in [-0.2, -0.15) is 0 Å². The number of aliphatic imine (C=N–C) groups is 1. The van der Waals surface area contributed by atoms with Crippen molar-refractivity contribution in [2.45, 2.75) is 46.5 Å². The first-order valence-corrected chi connectivity index (χ1v) is 8.73. The fourth-order valence-electron chi connectivity index (χ4n) is 2.58. The summed E-state index contributed by atoms with van der Waals surface area (Å²) in [5, 5.41) is 15.8. The second-order valence-electron chi connectivity index (χ2n) is 5.87. The van der Waals surface area contributed by atoms with Crippen molar-refractivity contribution in [2.24, 2.45) is 10.9 Å². The molecule has 1 aromatic heterocycles. The van der Waals surface area contributed by atoms with E-state index in [2.05, 4.69) is 47.4 Å². The normalized spacial score (nSPS) is 13.0. The maximum atomic E-state index is 9.14. The number of hydrogen-bond donors (Lipinski definition) is 3. The summed E-state index contributed by atoms with van der Waals surface area (Å²) in [5.74, 6) is 1.32. The Labute approximate surface area is 140 Å². The standard InChI is InChI=1S/C18H32N4O/c1-4-6-16(9-12-23)14-22-18(20-5-2)21-11-8-17-7-10-19-13-15(17)3/h7,10,13,16,23H,4-6,8-9,11-12,14H2,1-3H3,(H2,20,21,22). The van der Waals surface area contributed by atoms with Crippen molar-refractivity contribution in [3.63, 3.8) is 0 Å². The van der Waals surface area contributed by atoms with Gasteiger partial charge in [-0.3, -0.25) is 9.98 Å². The number of nitrogens with one attached hydrogen (secondary N) is 2. The van der Waals surface area contributed by atoms with Crippen LogP contribution in [-0.2, 0) is 6.42 Å². The van der Waals surface area contributed by atoms with Gasteiger partial charge < -0.3 is 15.7 Å². The maximum Gasteiger partial charge on any atom is 0.191 e. The lowest BCUT2D eigenvalue weighted by Gasteiger charge is -2.15. The molecule has 0 saturated carbocycles. The van der Waals surface area contributed by atoms with Crippen molar-refractivity contribution < 1.29 is 5.11 Å². The van der Waals surface area contributed by atoms with Crippen LogP contribution in [0, 0.1) is 12.8 Å². The summed E-state index contributed by atoms with van der Waals surface area (Å²) in [6, 6.07) is 2.07. The molecule has 130 valence electrons. The molecule has 23 heavy (non-hydrogen) atoms. The largest absolute Gasteiger partial charge is 0.396 e. The van der Waals surface area contributed by atoms with Gasteiger partial charge in [0.2, 0.25) is 0 Å². The van der Waals surface area contributed by atoms with Gasteiger partial charge in [0.05, 0.1) is 0 Å². The molecule has 0 aliphatic carbocycles. The first-order chi connectivity index (χ1) is 11.2. The minimum atomic E-state index is 0.242. The Morgan fingerprint density at radius 2 is 2.13 bits per heavy atom. The molecule has 0 bridgehead atoms. The highest BCUT2D eigenvalue weighted by Crippen LogP contribution is 2.11. The van der Waals surface area contributed by atoms with E-state index in [-0.39, 0.29) is 6.61 Å². The number of aryl methyl sites for hydroxylation is 1. The molecule has 0 aliphatic rings. The maximum absolute atomic E-state index is 9.14. The van der Waals surface area contributed by atoms with Crippen molar-refractivity contribution in [3.05, 3.63) is 29.6 Å². The van der Waals surface area contributed by atoms with E-state index in [1.165, 1.54) is 11.1 Å². The number of guanidine groups is 1. The summed E-state index contributed by atoms with van der Waals surface area (Å²) in [7, 11) is 0. The molecule has 5 nitrogen and oxygen atoms in total. The lowest BCUT2D eigenvalue weighted by atomic mass is 10.0. The lowest BCUT2D eigenvalue weighted by Crippen LogP contribution is -2.38. The average molecular weight is 320 g/mol. The molecule has 3 N–H and O–H groups in total. The highest BCUT2D eigenvalue weighted by atomic mass is 16.3. The summed E-state index contributed by atoms with van der Waals surface area (Å²) in [6.45, 7) is 9.03. The minimum Gasteiger partial charge on any atom is -0.396 e. The van der Waals surface area contributed by atoms with Crippen LogP contribution in [0.2, 0.25) is 0 Å². The van der Waals surface area contributed by atoms with Crippen LogP contribution in [0.5, 0.6) is 0 Å². The van der Waals surface area contributed by atoms with Crippen LogP contribution < -0.4 is 10.6 Å². The zero-order chi connectivity index (χ0) is 16.9. The monoisotopic (exact) mass is 320 g/mol. The van der Waals surface area contributed by atoms with Crippen molar-refractivity contribution in [2.75, 3.05) is 26.2 Å². The predicted molar refractivity (Wildman–Crippen MR) is 96.8 cm³/mol. The van der Waals surface area contributed by atoms with E-state index >= 15 is 0 Å². The van der Waals surface area contributed by atoms with E-state index in [9.17, 15) is 0 Å². The minimum absolute atomic E-state index is 0.242.